The van der Waals surface area contributed by atoms with E-state index in [9.17, 15) is 9.59 Å². The molecule has 0 unspecified atom stereocenters. The van der Waals surface area contributed by atoms with E-state index in [-0.39, 0.29) is 11.4 Å². The molecule has 0 bridgehead atoms. The van der Waals surface area contributed by atoms with Gasteiger partial charge in [-0.1, -0.05) is 6.92 Å². The smallest absolute Gasteiger partial charge is 0.270 e. The summed E-state index contributed by atoms with van der Waals surface area (Å²) >= 11 is 0. The lowest BCUT2D eigenvalue weighted by Gasteiger charge is -2.45. The molecule has 0 saturated carbocycles. The van der Waals surface area contributed by atoms with Crippen LogP contribution in [0.3, 0.4) is 0 Å². The van der Waals surface area contributed by atoms with Gasteiger partial charge in [0.15, 0.2) is 0 Å². The first-order chi connectivity index (χ1) is 11.9. The molecule has 2 aliphatic heterocycles. The Labute approximate surface area is 149 Å². The summed E-state index contributed by atoms with van der Waals surface area (Å²) in [5.74, 6) is -0.471. The van der Waals surface area contributed by atoms with Crippen molar-refractivity contribution in [3.8, 4) is 0 Å². The van der Waals surface area contributed by atoms with Crippen LogP contribution < -0.4 is 5.73 Å². The summed E-state index contributed by atoms with van der Waals surface area (Å²) in [6, 6.07) is 0. The van der Waals surface area contributed by atoms with Crippen LogP contribution in [0.5, 0.6) is 0 Å². The fraction of sp³-hybridized carbons (Fsp3) is 0.684. The van der Waals surface area contributed by atoms with Crippen molar-refractivity contribution < 1.29 is 9.59 Å². The van der Waals surface area contributed by atoms with Crippen LogP contribution in [0.25, 0.3) is 0 Å². The molecular formula is C19H30N4O2. The molecule has 3 heterocycles. The second kappa shape index (κ2) is 6.83. The summed E-state index contributed by atoms with van der Waals surface area (Å²) in [5.41, 5.74) is 8.17. The number of likely N-dealkylation sites (tertiary alicyclic amines) is 2. The molecule has 0 atom stereocenters. The quantitative estimate of drug-likeness (QED) is 0.875. The van der Waals surface area contributed by atoms with Gasteiger partial charge in [-0.3, -0.25) is 14.5 Å². The van der Waals surface area contributed by atoms with Gasteiger partial charge < -0.3 is 15.6 Å². The van der Waals surface area contributed by atoms with Crippen LogP contribution in [0.15, 0.2) is 0 Å². The maximum absolute atomic E-state index is 13.0. The normalized spacial score (nSPS) is 20.8. The van der Waals surface area contributed by atoms with Gasteiger partial charge in [-0.2, -0.15) is 0 Å². The number of hydrogen-bond donors (Lipinski definition) is 2. The van der Waals surface area contributed by atoms with Crippen LogP contribution in [-0.4, -0.2) is 58.3 Å². The second-order valence-corrected chi connectivity index (χ2v) is 7.68. The number of hydrogen-bond acceptors (Lipinski definition) is 3. The molecule has 1 aromatic rings. The fourth-order valence-electron chi connectivity index (χ4n) is 4.47. The second-order valence-electron chi connectivity index (χ2n) is 7.68. The zero-order valence-corrected chi connectivity index (χ0v) is 15.7. The summed E-state index contributed by atoms with van der Waals surface area (Å²) in [6.07, 6.45) is 5.19. The van der Waals surface area contributed by atoms with Gasteiger partial charge in [0.05, 0.1) is 5.56 Å². The van der Waals surface area contributed by atoms with Crippen LogP contribution >= 0.6 is 0 Å². The highest BCUT2D eigenvalue weighted by atomic mass is 16.2. The standard InChI is InChI=1S/C19H30N4O2/c1-4-14-15(17(20)24)13(2)21-16(14)18(25)22-11-7-19(3,8-12-22)23-9-5-6-10-23/h21H,4-12H2,1-3H3,(H2,20,24). The van der Waals surface area contributed by atoms with E-state index in [1.807, 2.05) is 11.8 Å². The lowest BCUT2D eigenvalue weighted by molar-refractivity contribution is 0.0401. The Balaban J connectivity index is 1.75. The molecule has 6 heteroatoms. The Morgan fingerprint density at radius 1 is 1.16 bits per heavy atom. The molecule has 25 heavy (non-hydrogen) atoms. The zero-order chi connectivity index (χ0) is 18.2. The van der Waals surface area contributed by atoms with Gasteiger partial charge in [0, 0.05) is 24.3 Å². The van der Waals surface area contributed by atoms with Crippen LogP contribution in [0.2, 0.25) is 0 Å². The zero-order valence-electron chi connectivity index (χ0n) is 15.7. The average Bonchev–Trinajstić information content (AvgIpc) is 3.22. The Morgan fingerprint density at radius 3 is 2.28 bits per heavy atom. The highest BCUT2D eigenvalue weighted by molar-refractivity contribution is 6.02. The molecule has 0 aliphatic carbocycles. The minimum absolute atomic E-state index is 0.00378. The number of primary amides is 1. The van der Waals surface area contributed by atoms with Gasteiger partial charge >= 0.3 is 0 Å². The number of nitrogens with one attached hydrogen (secondary N) is 1. The van der Waals surface area contributed by atoms with E-state index in [1.54, 1.807) is 6.92 Å². The van der Waals surface area contributed by atoms with E-state index >= 15 is 0 Å². The number of nitrogens with zero attached hydrogens (tertiary/aromatic N) is 2. The van der Waals surface area contributed by atoms with Crippen molar-refractivity contribution in [1.82, 2.24) is 14.8 Å². The summed E-state index contributed by atoms with van der Waals surface area (Å²) in [4.78, 5) is 32.4. The fourth-order valence-corrected chi connectivity index (χ4v) is 4.47. The lowest BCUT2D eigenvalue weighted by atomic mass is 9.87. The minimum atomic E-state index is -0.468. The Hall–Kier alpha value is -1.82. The van der Waals surface area contributed by atoms with Gasteiger partial charge in [0.25, 0.3) is 11.8 Å². The molecule has 3 N–H and O–H groups in total. The highest BCUT2D eigenvalue weighted by Gasteiger charge is 2.38. The van der Waals surface area contributed by atoms with Crippen molar-refractivity contribution in [2.45, 2.75) is 58.4 Å². The molecule has 0 radical (unpaired) electrons. The number of aromatic amines is 1. The third kappa shape index (κ3) is 3.19. The van der Waals surface area contributed by atoms with Crippen molar-refractivity contribution in [2.24, 2.45) is 5.73 Å². The van der Waals surface area contributed by atoms with Gasteiger partial charge in [0.2, 0.25) is 0 Å². The number of carbonyl (C=O) groups excluding carboxylic acids is 2. The van der Waals surface area contributed by atoms with E-state index in [0.717, 1.165) is 31.5 Å². The number of piperidine rings is 1. The molecule has 138 valence electrons. The first kappa shape index (κ1) is 18.0. The molecule has 1 aromatic heterocycles. The molecule has 2 aliphatic rings. The van der Waals surface area contributed by atoms with Gasteiger partial charge in [-0.25, -0.2) is 0 Å². The van der Waals surface area contributed by atoms with Gasteiger partial charge in [0.1, 0.15) is 5.69 Å². The molecule has 0 aromatic carbocycles. The maximum atomic E-state index is 13.0. The number of nitrogens with two attached hydrogens (primary N) is 1. The first-order valence-corrected chi connectivity index (χ1v) is 9.43. The minimum Gasteiger partial charge on any atom is -0.366 e. The van der Waals surface area contributed by atoms with Crippen molar-refractivity contribution in [1.29, 1.82) is 0 Å². The molecule has 0 spiro atoms. The van der Waals surface area contributed by atoms with Crippen LogP contribution in [-0.2, 0) is 6.42 Å². The molecule has 2 amide bonds. The van der Waals surface area contributed by atoms with E-state index in [2.05, 4.69) is 16.8 Å². The Bertz CT molecular complexity index is 665. The SMILES string of the molecule is CCc1c(C(=O)N2CCC(C)(N3CCCC3)CC2)[nH]c(C)c1C(N)=O. The molecule has 3 rings (SSSR count). The molecule has 2 fully saturated rings. The number of carbonyl (C=O) groups is 2. The van der Waals surface area contributed by atoms with E-state index in [1.165, 1.54) is 25.9 Å². The van der Waals surface area contributed by atoms with Crippen molar-refractivity contribution in [2.75, 3.05) is 26.2 Å². The predicted octanol–water partition coefficient (Wildman–Crippen LogP) is 2.07. The average molecular weight is 346 g/mol. The first-order valence-electron chi connectivity index (χ1n) is 9.43. The number of amides is 2. The molecule has 6 nitrogen and oxygen atoms in total. The lowest BCUT2D eigenvalue weighted by Crippen LogP contribution is -2.53. The van der Waals surface area contributed by atoms with E-state index in [4.69, 9.17) is 5.73 Å². The molecule has 2 saturated heterocycles. The number of H-pyrrole nitrogens is 1. The Kier molecular flexibility index (Phi) is 4.91. The van der Waals surface area contributed by atoms with Gasteiger partial charge in [-0.15, -0.1) is 0 Å². The highest BCUT2D eigenvalue weighted by Crippen LogP contribution is 2.32. The van der Waals surface area contributed by atoms with Crippen molar-refractivity contribution >= 4 is 11.8 Å². The topological polar surface area (TPSA) is 82.4 Å². The largest absolute Gasteiger partial charge is 0.366 e. The van der Waals surface area contributed by atoms with E-state index < -0.39 is 5.91 Å². The number of aromatic nitrogens is 1. The Morgan fingerprint density at radius 2 is 1.76 bits per heavy atom. The third-order valence-electron chi connectivity index (χ3n) is 6.10. The van der Waals surface area contributed by atoms with Gasteiger partial charge in [-0.05, 0) is 64.6 Å². The van der Waals surface area contributed by atoms with E-state index in [0.29, 0.717) is 23.4 Å². The van der Waals surface area contributed by atoms with Crippen molar-refractivity contribution in [3.63, 3.8) is 0 Å². The van der Waals surface area contributed by atoms with Crippen LogP contribution in [0.4, 0.5) is 0 Å². The third-order valence-corrected chi connectivity index (χ3v) is 6.10. The summed E-state index contributed by atoms with van der Waals surface area (Å²) in [6.45, 7) is 9.98. The number of rotatable bonds is 4. The molecular weight excluding hydrogens is 316 g/mol. The van der Waals surface area contributed by atoms with Crippen LogP contribution in [0.1, 0.15) is 71.6 Å². The maximum Gasteiger partial charge on any atom is 0.270 e. The van der Waals surface area contributed by atoms with Crippen LogP contribution in [0, 0.1) is 6.92 Å². The summed E-state index contributed by atoms with van der Waals surface area (Å²) < 4.78 is 0. The van der Waals surface area contributed by atoms with Crippen molar-refractivity contribution in [3.05, 3.63) is 22.5 Å². The number of aryl methyl sites for hydroxylation is 1. The summed E-state index contributed by atoms with van der Waals surface area (Å²) in [7, 11) is 0. The summed E-state index contributed by atoms with van der Waals surface area (Å²) in [5, 5.41) is 0. The monoisotopic (exact) mass is 346 g/mol. The predicted molar refractivity (Wildman–Crippen MR) is 97.8 cm³/mol.